The highest BCUT2D eigenvalue weighted by Crippen LogP contribution is 2.09. The lowest BCUT2D eigenvalue weighted by Gasteiger charge is -2.15. The lowest BCUT2D eigenvalue weighted by molar-refractivity contribution is -0.127. The van der Waals surface area contributed by atoms with Gasteiger partial charge in [-0.2, -0.15) is 0 Å². The van der Waals surface area contributed by atoms with Gasteiger partial charge in [-0.25, -0.2) is 0 Å². The molecule has 0 atom stereocenters. The number of rotatable bonds is 9. The van der Waals surface area contributed by atoms with Crippen LogP contribution < -0.4 is 16.0 Å². The molecule has 7 heteroatoms. The molecule has 3 N–H and O–H groups in total. The van der Waals surface area contributed by atoms with Gasteiger partial charge in [0.15, 0.2) is 5.96 Å². The molecule has 1 rings (SSSR count). The summed E-state index contributed by atoms with van der Waals surface area (Å²) in [5.74, 6) is 1.08. The maximum atomic E-state index is 11.5. The number of hydrogen-bond donors (Lipinski definition) is 3. The number of aliphatic imine (C=N–C) groups is 1. The molecule has 0 saturated carbocycles. The maximum absolute atomic E-state index is 11.5. The standard InChI is InChI=1S/C16H31N5O2/c1-4-17-16(20-10-9-18-15(23)13(2)3)19-8-6-12-21-11-5-7-14(21)22/h13H,4-12H2,1-3H3,(H,18,23)(H2,17,19,20). The fraction of sp³-hybridized carbons (Fsp3) is 0.812. The van der Waals surface area contributed by atoms with Crippen LogP contribution in [0.15, 0.2) is 4.99 Å². The van der Waals surface area contributed by atoms with Crippen LogP contribution in [0.25, 0.3) is 0 Å². The van der Waals surface area contributed by atoms with Gasteiger partial charge in [0.1, 0.15) is 0 Å². The highest BCUT2D eigenvalue weighted by molar-refractivity contribution is 5.80. The third kappa shape index (κ3) is 7.85. The fourth-order valence-electron chi connectivity index (χ4n) is 2.31. The zero-order valence-corrected chi connectivity index (χ0v) is 14.7. The van der Waals surface area contributed by atoms with E-state index in [1.807, 2.05) is 25.7 Å². The van der Waals surface area contributed by atoms with E-state index in [1.54, 1.807) is 0 Å². The van der Waals surface area contributed by atoms with E-state index in [4.69, 9.17) is 0 Å². The summed E-state index contributed by atoms with van der Waals surface area (Å²) in [4.78, 5) is 29.4. The molecule has 132 valence electrons. The summed E-state index contributed by atoms with van der Waals surface area (Å²) in [7, 11) is 0. The van der Waals surface area contributed by atoms with Crippen molar-refractivity contribution in [3.05, 3.63) is 0 Å². The molecule has 0 radical (unpaired) electrons. The van der Waals surface area contributed by atoms with Crippen molar-refractivity contribution in [1.29, 1.82) is 0 Å². The zero-order valence-electron chi connectivity index (χ0n) is 14.7. The second-order valence-electron chi connectivity index (χ2n) is 5.97. The van der Waals surface area contributed by atoms with Crippen molar-refractivity contribution in [1.82, 2.24) is 20.9 Å². The molecule has 1 saturated heterocycles. The number of amides is 2. The van der Waals surface area contributed by atoms with E-state index in [-0.39, 0.29) is 17.7 Å². The smallest absolute Gasteiger partial charge is 0.222 e. The van der Waals surface area contributed by atoms with Crippen molar-refractivity contribution in [3.63, 3.8) is 0 Å². The Morgan fingerprint density at radius 1 is 1.26 bits per heavy atom. The molecule has 0 unspecified atom stereocenters. The number of nitrogens with zero attached hydrogens (tertiary/aromatic N) is 2. The summed E-state index contributed by atoms with van der Waals surface area (Å²) in [6.07, 6.45) is 2.54. The molecule has 1 aliphatic heterocycles. The second kappa shape index (κ2) is 10.9. The summed E-state index contributed by atoms with van der Waals surface area (Å²) >= 11 is 0. The molecular weight excluding hydrogens is 294 g/mol. The minimum absolute atomic E-state index is 0.00482. The first-order valence-electron chi connectivity index (χ1n) is 8.62. The number of carbonyl (C=O) groups is 2. The first kappa shape index (κ1) is 19.3. The molecule has 1 aliphatic rings. The Morgan fingerprint density at radius 3 is 2.61 bits per heavy atom. The van der Waals surface area contributed by atoms with Gasteiger partial charge in [-0.05, 0) is 19.8 Å². The monoisotopic (exact) mass is 325 g/mol. The van der Waals surface area contributed by atoms with Gasteiger partial charge < -0.3 is 20.9 Å². The third-order valence-electron chi connectivity index (χ3n) is 3.61. The predicted octanol–water partition coefficient (Wildman–Crippen LogP) is 0.326. The molecule has 1 fully saturated rings. The Kier molecular flexibility index (Phi) is 9.09. The predicted molar refractivity (Wildman–Crippen MR) is 92.3 cm³/mol. The van der Waals surface area contributed by atoms with Crippen molar-refractivity contribution >= 4 is 17.8 Å². The first-order chi connectivity index (χ1) is 11.0. The summed E-state index contributed by atoms with van der Waals surface area (Å²) in [6, 6.07) is 0. The highest BCUT2D eigenvalue weighted by Gasteiger charge is 2.18. The highest BCUT2D eigenvalue weighted by atomic mass is 16.2. The van der Waals surface area contributed by atoms with E-state index in [9.17, 15) is 9.59 Å². The Labute approximate surface area is 139 Å². The van der Waals surface area contributed by atoms with Crippen LogP contribution in [0.5, 0.6) is 0 Å². The van der Waals surface area contributed by atoms with Crippen molar-refractivity contribution < 1.29 is 9.59 Å². The number of nitrogens with one attached hydrogen (secondary N) is 3. The molecular formula is C16H31N5O2. The number of hydrogen-bond acceptors (Lipinski definition) is 3. The maximum Gasteiger partial charge on any atom is 0.222 e. The summed E-state index contributed by atoms with van der Waals surface area (Å²) in [6.45, 7) is 10.1. The van der Waals surface area contributed by atoms with E-state index in [1.165, 1.54) is 0 Å². The summed E-state index contributed by atoms with van der Waals surface area (Å²) < 4.78 is 0. The second-order valence-corrected chi connectivity index (χ2v) is 5.97. The quantitative estimate of drug-likeness (QED) is 0.324. The molecule has 0 aromatic carbocycles. The van der Waals surface area contributed by atoms with Gasteiger partial charge in [-0.15, -0.1) is 0 Å². The van der Waals surface area contributed by atoms with Crippen molar-refractivity contribution in [2.45, 2.75) is 40.0 Å². The molecule has 0 spiro atoms. The molecule has 0 bridgehead atoms. The molecule has 1 heterocycles. The van der Waals surface area contributed by atoms with Gasteiger partial charge in [0.25, 0.3) is 0 Å². The Morgan fingerprint density at radius 2 is 2.00 bits per heavy atom. The van der Waals surface area contributed by atoms with Crippen molar-refractivity contribution in [3.8, 4) is 0 Å². The zero-order chi connectivity index (χ0) is 17.1. The fourth-order valence-corrected chi connectivity index (χ4v) is 2.31. The van der Waals surface area contributed by atoms with Crippen molar-refractivity contribution in [2.75, 3.05) is 39.3 Å². The third-order valence-corrected chi connectivity index (χ3v) is 3.61. The van der Waals surface area contributed by atoms with Crippen LogP contribution in [0.3, 0.4) is 0 Å². The van der Waals surface area contributed by atoms with E-state index in [2.05, 4.69) is 20.9 Å². The van der Waals surface area contributed by atoms with Crippen LogP contribution in [0.1, 0.15) is 40.0 Å². The minimum Gasteiger partial charge on any atom is -0.357 e. The Hall–Kier alpha value is -1.79. The van der Waals surface area contributed by atoms with Gasteiger partial charge in [-0.3, -0.25) is 14.6 Å². The average Bonchev–Trinajstić information content (AvgIpc) is 2.92. The van der Waals surface area contributed by atoms with Crippen molar-refractivity contribution in [2.24, 2.45) is 10.9 Å². The van der Waals surface area contributed by atoms with Crippen LogP contribution in [-0.2, 0) is 9.59 Å². The van der Waals surface area contributed by atoms with Gasteiger partial charge >= 0.3 is 0 Å². The van der Waals surface area contributed by atoms with Gasteiger partial charge in [0.2, 0.25) is 11.8 Å². The van der Waals surface area contributed by atoms with Gasteiger partial charge in [0.05, 0.1) is 0 Å². The van der Waals surface area contributed by atoms with Gasteiger partial charge in [-0.1, -0.05) is 13.8 Å². The SMILES string of the molecule is CCNC(=NCCCN1CCCC1=O)NCCNC(=O)C(C)C. The molecule has 0 aliphatic carbocycles. The van der Waals surface area contributed by atoms with Crippen LogP contribution in [0.4, 0.5) is 0 Å². The van der Waals surface area contributed by atoms with E-state index in [0.717, 1.165) is 38.4 Å². The van der Waals surface area contributed by atoms with Crippen LogP contribution in [-0.4, -0.2) is 61.9 Å². The lowest BCUT2D eigenvalue weighted by atomic mass is 10.2. The minimum atomic E-state index is 0.00482. The first-order valence-corrected chi connectivity index (χ1v) is 8.62. The van der Waals surface area contributed by atoms with Crippen LogP contribution in [0.2, 0.25) is 0 Å². The van der Waals surface area contributed by atoms with E-state index < -0.39 is 0 Å². The number of carbonyl (C=O) groups excluding carboxylic acids is 2. The average molecular weight is 325 g/mol. The summed E-state index contributed by atoms with van der Waals surface area (Å²) in [5.41, 5.74) is 0. The molecule has 23 heavy (non-hydrogen) atoms. The normalized spacial score (nSPS) is 15.2. The Balaban J connectivity index is 2.21. The van der Waals surface area contributed by atoms with E-state index >= 15 is 0 Å². The largest absolute Gasteiger partial charge is 0.357 e. The lowest BCUT2D eigenvalue weighted by Crippen LogP contribution is -2.42. The topological polar surface area (TPSA) is 85.8 Å². The van der Waals surface area contributed by atoms with Gasteiger partial charge in [0, 0.05) is 51.6 Å². The van der Waals surface area contributed by atoms with Crippen LogP contribution in [0, 0.1) is 5.92 Å². The molecule has 0 aromatic heterocycles. The molecule has 0 aromatic rings. The van der Waals surface area contributed by atoms with Crippen LogP contribution >= 0.6 is 0 Å². The molecule has 2 amide bonds. The number of likely N-dealkylation sites (tertiary alicyclic amines) is 1. The van der Waals surface area contributed by atoms with E-state index in [0.29, 0.717) is 26.1 Å². The number of guanidine groups is 1. The Bertz CT molecular complexity index is 409. The molecule has 7 nitrogen and oxygen atoms in total. The summed E-state index contributed by atoms with van der Waals surface area (Å²) in [5, 5.41) is 9.23.